The third-order valence-electron chi connectivity index (χ3n) is 4.01. The molecule has 0 bridgehead atoms. The molecule has 0 saturated heterocycles. The van der Waals surface area contributed by atoms with Crippen LogP contribution in [0, 0.1) is 0 Å². The summed E-state index contributed by atoms with van der Waals surface area (Å²) in [6, 6.07) is 0.538. The number of carbonyl (C=O) groups is 1. The van der Waals surface area contributed by atoms with Gasteiger partial charge in [0.1, 0.15) is 0 Å². The van der Waals surface area contributed by atoms with Crippen molar-refractivity contribution in [1.29, 1.82) is 0 Å². The highest BCUT2D eigenvalue weighted by atomic mass is 16.1. The van der Waals surface area contributed by atoms with Crippen molar-refractivity contribution in [2.75, 3.05) is 0 Å². The Morgan fingerprint density at radius 1 is 1.07 bits per heavy atom. The van der Waals surface area contributed by atoms with Gasteiger partial charge < -0.3 is 11.1 Å². The minimum absolute atomic E-state index is 0.130. The SMILES string of the molecule is NC(=O)C1(NC2CCCC2)CCCCC1. The first-order chi connectivity index (χ1) is 7.23. The van der Waals surface area contributed by atoms with Gasteiger partial charge in [0.2, 0.25) is 5.91 Å². The average Bonchev–Trinajstić information content (AvgIpc) is 2.71. The molecule has 3 N–H and O–H groups in total. The number of nitrogens with two attached hydrogens (primary N) is 1. The molecule has 0 aromatic heterocycles. The lowest BCUT2D eigenvalue weighted by molar-refractivity contribution is -0.126. The molecule has 0 unspecified atom stereocenters. The molecule has 0 heterocycles. The molecule has 2 saturated carbocycles. The van der Waals surface area contributed by atoms with E-state index in [4.69, 9.17) is 5.73 Å². The van der Waals surface area contributed by atoms with E-state index < -0.39 is 0 Å². The maximum Gasteiger partial charge on any atom is 0.237 e. The molecule has 0 aliphatic heterocycles. The van der Waals surface area contributed by atoms with Crippen molar-refractivity contribution < 1.29 is 4.79 Å². The van der Waals surface area contributed by atoms with Gasteiger partial charge in [-0.2, -0.15) is 0 Å². The molecule has 2 fully saturated rings. The van der Waals surface area contributed by atoms with E-state index in [0.717, 1.165) is 25.7 Å². The fourth-order valence-electron chi connectivity index (χ4n) is 3.08. The Bertz CT molecular complexity index is 228. The Hall–Kier alpha value is -0.570. The zero-order valence-corrected chi connectivity index (χ0v) is 9.43. The van der Waals surface area contributed by atoms with Crippen LogP contribution in [-0.4, -0.2) is 17.5 Å². The van der Waals surface area contributed by atoms with Gasteiger partial charge in [0.25, 0.3) is 0 Å². The lowest BCUT2D eigenvalue weighted by Crippen LogP contribution is -2.59. The largest absolute Gasteiger partial charge is 0.368 e. The molecule has 1 amide bonds. The van der Waals surface area contributed by atoms with Gasteiger partial charge in [0.05, 0.1) is 5.54 Å². The summed E-state index contributed by atoms with van der Waals surface area (Å²) in [5, 5.41) is 3.56. The van der Waals surface area contributed by atoms with Crippen LogP contribution in [-0.2, 0) is 4.79 Å². The van der Waals surface area contributed by atoms with Crippen molar-refractivity contribution >= 4 is 5.91 Å². The van der Waals surface area contributed by atoms with Crippen molar-refractivity contribution in [2.45, 2.75) is 69.4 Å². The molecule has 15 heavy (non-hydrogen) atoms. The third-order valence-corrected chi connectivity index (χ3v) is 4.01. The molecule has 0 atom stereocenters. The number of hydrogen-bond donors (Lipinski definition) is 2. The van der Waals surface area contributed by atoms with E-state index in [0.29, 0.717) is 6.04 Å². The zero-order chi connectivity index (χ0) is 10.7. The number of hydrogen-bond acceptors (Lipinski definition) is 2. The van der Waals surface area contributed by atoms with Crippen LogP contribution in [0.5, 0.6) is 0 Å². The van der Waals surface area contributed by atoms with Gasteiger partial charge in [0.15, 0.2) is 0 Å². The van der Waals surface area contributed by atoms with Gasteiger partial charge in [-0.15, -0.1) is 0 Å². The van der Waals surface area contributed by atoms with Crippen LogP contribution in [0.15, 0.2) is 0 Å². The van der Waals surface area contributed by atoms with E-state index >= 15 is 0 Å². The minimum Gasteiger partial charge on any atom is -0.368 e. The second kappa shape index (κ2) is 4.52. The van der Waals surface area contributed by atoms with Crippen LogP contribution < -0.4 is 11.1 Å². The fraction of sp³-hybridized carbons (Fsp3) is 0.917. The van der Waals surface area contributed by atoms with E-state index in [9.17, 15) is 4.79 Å². The van der Waals surface area contributed by atoms with Crippen LogP contribution >= 0.6 is 0 Å². The molecule has 0 aromatic rings. The first kappa shape index (κ1) is 10.9. The van der Waals surface area contributed by atoms with E-state index in [2.05, 4.69) is 5.32 Å². The van der Waals surface area contributed by atoms with Gasteiger partial charge >= 0.3 is 0 Å². The van der Waals surface area contributed by atoms with Crippen molar-refractivity contribution in [2.24, 2.45) is 5.73 Å². The van der Waals surface area contributed by atoms with E-state index in [1.54, 1.807) is 0 Å². The molecular weight excluding hydrogens is 188 g/mol. The molecule has 0 radical (unpaired) electrons. The van der Waals surface area contributed by atoms with Crippen LogP contribution in [0.4, 0.5) is 0 Å². The number of nitrogens with one attached hydrogen (secondary N) is 1. The normalized spacial score (nSPS) is 26.7. The summed E-state index contributed by atoms with van der Waals surface area (Å²) in [6.07, 6.45) is 10.5. The quantitative estimate of drug-likeness (QED) is 0.745. The smallest absolute Gasteiger partial charge is 0.237 e. The summed E-state index contributed by atoms with van der Waals surface area (Å²) in [5.41, 5.74) is 5.21. The molecular formula is C12H22N2O. The highest BCUT2D eigenvalue weighted by Crippen LogP contribution is 2.30. The van der Waals surface area contributed by atoms with Crippen LogP contribution in [0.25, 0.3) is 0 Å². The van der Waals surface area contributed by atoms with Crippen molar-refractivity contribution in [3.8, 4) is 0 Å². The number of carbonyl (C=O) groups excluding carboxylic acids is 1. The van der Waals surface area contributed by atoms with Gasteiger partial charge in [-0.1, -0.05) is 32.1 Å². The Kier molecular flexibility index (Phi) is 3.29. The predicted molar refractivity (Wildman–Crippen MR) is 60.4 cm³/mol. The topological polar surface area (TPSA) is 55.1 Å². The molecule has 2 aliphatic rings. The molecule has 0 aromatic carbocycles. The summed E-state index contributed by atoms with van der Waals surface area (Å²) in [5.74, 6) is -0.130. The number of primary amides is 1. The first-order valence-corrected chi connectivity index (χ1v) is 6.31. The van der Waals surface area contributed by atoms with Crippen LogP contribution in [0.2, 0.25) is 0 Å². The summed E-state index contributed by atoms with van der Waals surface area (Å²) in [4.78, 5) is 11.6. The molecule has 2 aliphatic carbocycles. The Labute approximate surface area is 91.8 Å². The zero-order valence-electron chi connectivity index (χ0n) is 9.43. The third kappa shape index (κ3) is 2.33. The van der Waals surface area contributed by atoms with Gasteiger partial charge in [-0.05, 0) is 25.7 Å². The maximum atomic E-state index is 11.6. The van der Waals surface area contributed by atoms with Crippen molar-refractivity contribution in [3.05, 3.63) is 0 Å². The summed E-state index contributed by atoms with van der Waals surface area (Å²) in [7, 11) is 0. The molecule has 3 heteroatoms. The minimum atomic E-state index is -0.368. The summed E-state index contributed by atoms with van der Waals surface area (Å²) in [6.45, 7) is 0. The van der Waals surface area contributed by atoms with Crippen LogP contribution in [0.1, 0.15) is 57.8 Å². The number of rotatable bonds is 3. The van der Waals surface area contributed by atoms with E-state index in [1.165, 1.54) is 32.1 Å². The molecule has 86 valence electrons. The molecule has 2 rings (SSSR count). The maximum absolute atomic E-state index is 11.6. The van der Waals surface area contributed by atoms with Crippen LogP contribution in [0.3, 0.4) is 0 Å². The fourth-order valence-corrected chi connectivity index (χ4v) is 3.08. The standard InChI is InChI=1S/C12H22N2O/c13-11(15)12(8-4-1-5-9-12)14-10-6-2-3-7-10/h10,14H,1-9H2,(H2,13,15). The second-order valence-electron chi connectivity index (χ2n) is 5.13. The monoisotopic (exact) mass is 210 g/mol. The Morgan fingerprint density at radius 2 is 1.67 bits per heavy atom. The summed E-state index contributed by atoms with van der Waals surface area (Å²) >= 11 is 0. The predicted octanol–water partition coefficient (Wildman–Crippen LogP) is 1.71. The first-order valence-electron chi connectivity index (χ1n) is 6.31. The van der Waals surface area contributed by atoms with Crippen molar-refractivity contribution in [3.63, 3.8) is 0 Å². The van der Waals surface area contributed by atoms with Crippen molar-refractivity contribution in [1.82, 2.24) is 5.32 Å². The van der Waals surface area contributed by atoms with Gasteiger partial charge in [-0.25, -0.2) is 0 Å². The summed E-state index contributed by atoms with van der Waals surface area (Å²) < 4.78 is 0. The van der Waals surface area contributed by atoms with Gasteiger partial charge in [-0.3, -0.25) is 4.79 Å². The highest BCUT2D eigenvalue weighted by Gasteiger charge is 2.39. The highest BCUT2D eigenvalue weighted by molar-refractivity contribution is 5.84. The lowest BCUT2D eigenvalue weighted by atomic mass is 9.80. The van der Waals surface area contributed by atoms with E-state index in [1.807, 2.05) is 0 Å². The molecule has 0 spiro atoms. The Balaban J connectivity index is 2.00. The number of amides is 1. The van der Waals surface area contributed by atoms with Gasteiger partial charge in [0, 0.05) is 6.04 Å². The Morgan fingerprint density at radius 3 is 2.20 bits per heavy atom. The lowest BCUT2D eigenvalue weighted by Gasteiger charge is -2.37. The van der Waals surface area contributed by atoms with E-state index in [-0.39, 0.29) is 11.4 Å². The molecule has 3 nitrogen and oxygen atoms in total. The second-order valence-corrected chi connectivity index (χ2v) is 5.13. The average molecular weight is 210 g/mol.